The number of methoxy groups -OCH3 is 1. The lowest BCUT2D eigenvalue weighted by Crippen LogP contribution is -2.53. The molecule has 2 aromatic carbocycles. The highest BCUT2D eigenvalue weighted by Crippen LogP contribution is 2.23. The van der Waals surface area contributed by atoms with Crippen LogP contribution in [0.25, 0.3) is 0 Å². The van der Waals surface area contributed by atoms with Crippen LogP contribution in [0.4, 0.5) is 0 Å². The second-order valence-electron chi connectivity index (χ2n) is 11.6. The van der Waals surface area contributed by atoms with Gasteiger partial charge in [0, 0.05) is 13.1 Å². The summed E-state index contributed by atoms with van der Waals surface area (Å²) in [6.45, 7) is 6.01. The number of amides is 1. The molecule has 0 aliphatic carbocycles. The van der Waals surface area contributed by atoms with Crippen LogP contribution in [-0.2, 0) is 32.6 Å². The highest BCUT2D eigenvalue weighted by molar-refractivity contribution is 7.89. The van der Waals surface area contributed by atoms with Gasteiger partial charge < -0.3 is 25.4 Å². The van der Waals surface area contributed by atoms with E-state index in [2.05, 4.69) is 5.32 Å². The van der Waals surface area contributed by atoms with Gasteiger partial charge in [0.2, 0.25) is 21.8 Å². The number of aliphatic hydroxyl groups excluding tert-OH is 1. The lowest BCUT2D eigenvalue weighted by atomic mass is 9.98. The van der Waals surface area contributed by atoms with Crippen molar-refractivity contribution in [2.45, 2.75) is 63.7 Å². The zero-order valence-electron chi connectivity index (χ0n) is 26.0. The number of sulfonamides is 1. The molecule has 0 aliphatic rings. The number of nitrogens with one attached hydrogen (secondary N) is 1. The minimum Gasteiger partial charge on any atom is -0.497 e. The Morgan fingerprint density at radius 1 is 1.00 bits per heavy atom. The van der Waals surface area contributed by atoms with Crippen LogP contribution in [0.1, 0.15) is 39.3 Å². The number of imidazole rings is 1. The van der Waals surface area contributed by atoms with Gasteiger partial charge in [-0.3, -0.25) is 18.7 Å². The number of hydrogen-bond donors (Lipinski definition) is 4. The van der Waals surface area contributed by atoms with Gasteiger partial charge in [0.05, 0.1) is 30.3 Å². The average Bonchev–Trinajstić information content (AvgIpc) is 3.24. The summed E-state index contributed by atoms with van der Waals surface area (Å²) in [5.74, 6) is -2.74. The molecule has 3 rings (SSSR count). The van der Waals surface area contributed by atoms with E-state index in [9.17, 15) is 33.0 Å². The van der Waals surface area contributed by atoms with Gasteiger partial charge >= 0.3 is 11.7 Å². The van der Waals surface area contributed by atoms with Crippen LogP contribution in [0.15, 0.2) is 70.5 Å². The summed E-state index contributed by atoms with van der Waals surface area (Å²) in [4.78, 5) is 38.0. The van der Waals surface area contributed by atoms with E-state index in [4.69, 9.17) is 9.84 Å². The molecule has 1 aromatic heterocycles. The van der Waals surface area contributed by atoms with Crippen molar-refractivity contribution < 1.29 is 38.1 Å². The molecular formula is C31H42N4O9S. The number of hydrogen-bond acceptors (Lipinski definition) is 8. The van der Waals surface area contributed by atoms with E-state index < -0.39 is 64.1 Å². The number of carbonyl (C=O) groups excluding carboxylic acids is 1. The Bertz CT molecular complexity index is 1600. The van der Waals surface area contributed by atoms with Gasteiger partial charge in [0.15, 0.2) is 0 Å². The number of aromatic nitrogens is 2. The third kappa shape index (κ3) is 8.96. The van der Waals surface area contributed by atoms with Crippen molar-refractivity contribution in [2.24, 2.45) is 11.8 Å². The molecule has 246 valence electrons. The van der Waals surface area contributed by atoms with Crippen LogP contribution < -0.4 is 15.7 Å². The Morgan fingerprint density at radius 2 is 1.62 bits per heavy atom. The Kier molecular flexibility index (Phi) is 12.0. The molecule has 1 heterocycles. The molecule has 0 bridgehead atoms. The average molecular weight is 647 g/mol. The molecule has 0 fully saturated rings. The SMILES string of the molecule is COc1ccc(S(=O)(=O)N(CC(C)C)C[C@@H](O)[C@H](Cc2ccccc2)NC(=O)[C@H](C(C)C)n2cc(O)n(CC(=O)O)c2=O)cc1. The zero-order chi connectivity index (χ0) is 33.5. The van der Waals surface area contributed by atoms with E-state index in [-0.39, 0.29) is 30.3 Å². The van der Waals surface area contributed by atoms with Crippen LogP contribution >= 0.6 is 0 Å². The van der Waals surface area contributed by atoms with Gasteiger partial charge in [-0.15, -0.1) is 0 Å². The van der Waals surface area contributed by atoms with Crippen LogP contribution in [-0.4, -0.2) is 81.4 Å². The minimum atomic E-state index is -4.06. The first kappa shape index (κ1) is 35.3. The van der Waals surface area contributed by atoms with Crippen molar-refractivity contribution in [1.29, 1.82) is 0 Å². The smallest absolute Gasteiger partial charge is 0.332 e. The monoisotopic (exact) mass is 646 g/mol. The molecule has 0 saturated carbocycles. The number of benzene rings is 2. The number of carboxylic acid groups (broad SMARTS) is 1. The molecule has 3 aromatic rings. The first-order chi connectivity index (χ1) is 21.1. The number of carboxylic acids is 1. The summed E-state index contributed by atoms with van der Waals surface area (Å²) in [5.41, 5.74) is -0.128. The maximum absolute atomic E-state index is 13.8. The molecule has 0 radical (unpaired) electrons. The molecule has 3 atom stereocenters. The fourth-order valence-corrected chi connectivity index (χ4v) is 6.67. The summed E-state index contributed by atoms with van der Waals surface area (Å²) >= 11 is 0. The maximum Gasteiger partial charge on any atom is 0.332 e. The van der Waals surface area contributed by atoms with E-state index in [1.165, 1.54) is 35.7 Å². The predicted octanol–water partition coefficient (Wildman–Crippen LogP) is 2.08. The molecule has 0 unspecified atom stereocenters. The fourth-order valence-electron chi connectivity index (χ4n) is 5.05. The zero-order valence-corrected chi connectivity index (χ0v) is 26.8. The Morgan fingerprint density at radius 3 is 2.16 bits per heavy atom. The molecule has 0 aliphatic heterocycles. The molecular weight excluding hydrogens is 604 g/mol. The Balaban J connectivity index is 1.97. The van der Waals surface area contributed by atoms with Crippen LogP contribution in [0.5, 0.6) is 11.6 Å². The molecule has 13 nitrogen and oxygen atoms in total. The van der Waals surface area contributed by atoms with Gasteiger partial charge in [-0.1, -0.05) is 58.0 Å². The largest absolute Gasteiger partial charge is 0.497 e. The van der Waals surface area contributed by atoms with E-state index >= 15 is 0 Å². The fraction of sp³-hybridized carbons (Fsp3) is 0.452. The Hall–Kier alpha value is -4.14. The lowest BCUT2D eigenvalue weighted by molar-refractivity contribution is -0.137. The number of carbonyl (C=O) groups is 2. The first-order valence-corrected chi connectivity index (χ1v) is 16.0. The number of ether oxygens (including phenoxy) is 1. The van der Waals surface area contributed by atoms with E-state index in [0.29, 0.717) is 10.3 Å². The van der Waals surface area contributed by atoms with Crippen molar-refractivity contribution in [1.82, 2.24) is 18.8 Å². The van der Waals surface area contributed by atoms with E-state index in [1.807, 2.05) is 19.9 Å². The van der Waals surface area contributed by atoms with Gasteiger partial charge in [0.25, 0.3) is 0 Å². The summed E-state index contributed by atoms with van der Waals surface area (Å²) in [6, 6.07) is 12.8. The number of aliphatic hydroxyl groups is 1. The van der Waals surface area contributed by atoms with Crippen molar-refractivity contribution in [3.8, 4) is 11.6 Å². The number of aromatic hydroxyl groups is 1. The normalized spacial score (nSPS) is 14.0. The first-order valence-electron chi connectivity index (χ1n) is 14.5. The van der Waals surface area contributed by atoms with E-state index in [0.717, 1.165) is 16.3 Å². The van der Waals surface area contributed by atoms with Gasteiger partial charge in [-0.2, -0.15) is 4.31 Å². The summed E-state index contributed by atoms with van der Waals surface area (Å²) in [7, 11) is -2.59. The van der Waals surface area contributed by atoms with Crippen LogP contribution in [0, 0.1) is 11.8 Å². The number of rotatable bonds is 16. The van der Waals surface area contributed by atoms with Gasteiger partial charge in [-0.25, -0.2) is 13.2 Å². The van der Waals surface area contributed by atoms with Crippen molar-refractivity contribution in [3.63, 3.8) is 0 Å². The van der Waals surface area contributed by atoms with Gasteiger partial charge in [0.1, 0.15) is 18.3 Å². The molecule has 1 amide bonds. The van der Waals surface area contributed by atoms with Crippen molar-refractivity contribution in [2.75, 3.05) is 20.2 Å². The highest BCUT2D eigenvalue weighted by atomic mass is 32.2. The number of aliphatic carboxylic acids is 1. The summed E-state index contributed by atoms with van der Waals surface area (Å²) in [5, 5.41) is 33.8. The second-order valence-corrected chi connectivity index (χ2v) is 13.5. The van der Waals surface area contributed by atoms with Gasteiger partial charge in [-0.05, 0) is 48.1 Å². The Labute approximate surface area is 262 Å². The summed E-state index contributed by atoms with van der Waals surface area (Å²) < 4.78 is 35.4. The standard InChI is InChI=1S/C31H42N4O9S/c1-20(2)16-33(45(42,43)24-13-11-23(44-5)12-14-24)17-26(36)25(15-22-9-7-6-8-10-22)32-30(40)29(21(3)4)35-18-27(37)34(31(35)41)19-28(38)39/h6-14,18,20-21,25-26,29,36-37H,15-17,19H2,1-5H3,(H,32,40)(H,38,39)/t25-,26+,29-/m0/s1. The third-order valence-electron chi connectivity index (χ3n) is 7.22. The predicted molar refractivity (Wildman–Crippen MR) is 167 cm³/mol. The molecule has 45 heavy (non-hydrogen) atoms. The second kappa shape index (κ2) is 15.2. The topological polar surface area (TPSA) is 180 Å². The molecule has 14 heteroatoms. The molecule has 0 saturated heterocycles. The van der Waals surface area contributed by atoms with Crippen LogP contribution in [0.3, 0.4) is 0 Å². The van der Waals surface area contributed by atoms with Crippen LogP contribution in [0.2, 0.25) is 0 Å². The highest BCUT2D eigenvalue weighted by Gasteiger charge is 2.34. The van der Waals surface area contributed by atoms with E-state index in [1.54, 1.807) is 38.1 Å². The lowest BCUT2D eigenvalue weighted by Gasteiger charge is -2.32. The minimum absolute atomic E-state index is 0.0183. The molecule has 0 spiro atoms. The third-order valence-corrected chi connectivity index (χ3v) is 9.07. The maximum atomic E-state index is 13.8. The van der Waals surface area contributed by atoms with Crippen molar-refractivity contribution in [3.05, 3.63) is 76.8 Å². The number of nitrogens with zero attached hydrogens (tertiary/aromatic N) is 3. The summed E-state index contributed by atoms with van der Waals surface area (Å²) in [6.07, 6.45) is -0.240. The quantitative estimate of drug-likeness (QED) is 0.181. The molecule has 4 N–H and O–H groups in total. The van der Waals surface area contributed by atoms with Crippen molar-refractivity contribution >= 4 is 21.9 Å².